The van der Waals surface area contributed by atoms with Crippen LogP contribution in [0.1, 0.15) is 45.4 Å². The summed E-state index contributed by atoms with van der Waals surface area (Å²) in [5, 5.41) is 0. The Kier molecular flexibility index (Phi) is 10.7. The third kappa shape index (κ3) is 6.80. The van der Waals surface area contributed by atoms with Crippen LogP contribution in [-0.2, 0) is 13.3 Å². The summed E-state index contributed by atoms with van der Waals surface area (Å²) in [4.78, 5) is 0. The molecule has 98 valence electrons. The van der Waals surface area contributed by atoms with E-state index in [2.05, 4.69) is 6.92 Å². The van der Waals surface area contributed by atoms with E-state index in [1.165, 1.54) is 44.6 Å². The molecule has 0 aliphatic rings. The Morgan fingerprint density at radius 1 is 0.812 bits per heavy atom. The molecule has 3 nitrogen and oxygen atoms in total. The van der Waals surface area contributed by atoms with Gasteiger partial charge in [-0.2, -0.15) is 0 Å². The second kappa shape index (κ2) is 10.5. The molecule has 0 saturated heterocycles. The SMILES string of the molecule is CCCCCCCC[SiH2][Si](OC)(OC)OC. The van der Waals surface area contributed by atoms with E-state index in [-0.39, 0.29) is 9.04 Å². The lowest BCUT2D eigenvalue weighted by Crippen LogP contribution is -2.49. The fourth-order valence-corrected chi connectivity index (χ4v) is 7.89. The van der Waals surface area contributed by atoms with Crippen molar-refractivity contribution in [2.45, 2.75) is 51.5 Å². The minimum Gasteiger partial charge on any atom is -0.380 e. The van der Waals surface area contributed by atoms with Gasteiger partial charge in [-0.3, -0.25) is 0 Å². The molecule has 0 aromatic heterocycles. The van der Waals surface area contributed by atoms with Crippen LogP contribution in [0, 0.1) is 0 Å². The average molecular weight is 265 g/mol. The predicted molar refractivity (Wildman–Crippen MR) is 73.5 cm³/mol. The van der Waals surface area contributed by atoms with E-state index in [0.29, 0.717) is 0 Å². The Morgan fingerprint density at radius 3 is 1.81 bits per heavy atom. The summed E-state index contributed by atoms with van der Waals surface area (Å²) in [5.41, 5.74) is 0. The molecule has 0 aliphatic carbocycles. The standard InChI is InChI=1S/C11H28O3Si2/c1-5-6-7-8-9-10-11-15-16(12-2,13-3)14-4/h5-11,15H2,1-4H3. The second-order valence-corrected chi connectivity index (χ2v) is 12.1. The molecule has 0 amide bonds. The van der Waals surface area contributed by atoms with Gasteiger partial charge in [0.25, 0.3) is 0 Å². The monoisotopic (exact) mass is 264 g/mol. The number of hydrogen-bond acceptors (Lipinski definition) is 3. The van der Waals surface area contributed by atoms with Gasteiger partial charge in [0, 0.05) is 21.3 Å². The summed E-state index contributed by atoms with van der Waals surface area (Å²) < 4.78 is 16.3. The molecule has 0 radical (unpaired) electrons. The van der Waals surface area contributed by atoms with E-state index in [4.69, 9.17) is 13.3 Å². The molecular weight excluding hydrogens is 236 g/mol. The van der Waals surface area contributed by atoms with Crippen LogP contribution in [0.15, 0.2) is 0 Å². The zero-order valence-electron chi connectivity index (χ0n) is 11.4. The van der Waals surface area contributed by atoms with Gasteiger partial charge in [0.15, 0.2) is 0 Å². The van der Waals surface area contributed by atoms with Crippen molar-refractivity contribution in [3.8, 4) is 0 Å². The Morgan fingerprint density at radius 2 is 1.31 bits per heavy atom. The zero-order valence-corrected chi connectivity index (χ0v) is 13.8. The van der Waals surface area contributed by atoms with Gasteiger partial charge in [-0.05, 0) is 0 Å². The first-order chi connectivity index (χ1) is 7.74. The van der Waals surface area contributed by atoms with Crippen molar-refractivity contribution in [2.24, 2.45) is 0 Å². The maximum absolute atomic E-state index is 5.44. The highest BCUT2D eigenvalue weighted by Gasteiger charge is 2.36. The molecule has 0 fully saturated rings. The first kappa shape index (κ1) is 16.3. The Hall–Kier alpha value is 0.314. The summed E-state index contributed by atoms with van der Waals surface area (Å²) in [6, 6.07) is 1.29. The highest BCUT2D eigenvalue weighted by molar-refractivity contribution is 7.14. The molecule has 0 aliphatic heterocycles. The van der Waals surface area contributed by atoms with Crippen molar-refractivity contribution in [3.63, 3.8) is 0 Å². The Balaban J connectivity index is 3.48. The fourth-order valence-electron chi connectivity index (χ4n) is 1.85. The Labute approximate surface area is 104 Å². The molecule has 0 unspecified atom stereocenters. The van der Waals surface area contributed by atoms with Crippen molar-refractivity contribution in [2.75, 3.05) is 21.3 Å². The number of hydrogen-bond donors (Lipinski definition) is 0. The van der Waals surface area contributed by atoms with Crippen molar-refractivity contribution in [3.05, 3.63) is 0 Å². The summed E-state index contributed by atoms with van der Waals surface area (Å²) in [5.74, 6) is 0. The molecule has 0 atom stereocenters. The van der Waals surface area contributed by atoms with Gasteiger partial charge in [0.1, 0.15) is 9.04 Å². The van der Waals surface area contributed by atoms with Gasteiger partial charge < -0.3 is 13.3 Å². The molecule has 0 heterocycles. The lowest BCUT2D eigenvalue weighted by atomic mass is 10.1. The van der Waals surface area contributed by atoms with E-state index in [1.807, 2.05) is 0 Å². The van der Waals surface area contributed by atoms with Crippen LogP contribution in [0.2, 0.25) is 6.04 Å². The maximum atomic E-state index is 5.44. The van der Waals surface area contributed by atoms with E-state index in [0.717, 1.165) is 0 Å². The van der Waals surface area contributed by atoms with Gasteiger partial charge in [-0.1, -0.05) is 51.5 Å². The van der Waals surface area contributed by atoms with Gasteiger partial charge in [-0.25, -0.2) is 0 Å². The van der Waals surface area contributed by atoms with E-state index in [9.17, 15) is 0 Å². The quantitative estimate of drug-likeness (QED) is 0.423. The zero-order chi connectivity index (χ0) is 12.3. The van der Waals surface area contributed by atoms with Gasteiger partial charge >= 0.3 is 8.32 Å². The molecule has 0 spiro atoms. The van der Waals surface area contributed by atoms with Crippen LogP contribution in [0.5, 0.6) is 0 Å². The molecular formula is C11H28O3Si2. The molecule has 0 saturated carbocycles. The molecule has 0 aromatic rings. The predicted octanol–water partition coefficient (Wildman–Crippen LogP) is 2.31. The molecule has 16 heavy (non-hydrogen) atoms. The first-order valence-corrected chi connectivity index (χ1v) is 11.5. The fraction of sp³-hybridized carbons (Fsp3) is 1.00. The van der Waals surface area contributed by atoms with E-state index in [1.54, 1.807) is 21.3 Å². The van der Waals surface area contributed by atoms with Crippen LogP contribution in [0.3, 0.4) is 0 Å². The minimum absolute atomic E-state index is 0.349. The largest absolute Gasteiger partial charge is 0.461 e. The Bertz CT molecular complexity index is 144. The normalized spacial score (nSPS) is 12.8. The highest BCUT2D eigenvalue weighted by Crippen LogP contribution is 2.11. The summed E-state index contributed by atoms with van der Waals surface area (Å²) in [6.07, 6.45) is 8.14. The third-order valence-corrected chi connectivity index (χ3v) is 11.8. The highest BCUT2D eigenvalue weighted by atomic mass is 29.2. The third-order valence-electron chi connectivity index (χ3n) is 3.02. The summed E-state index contributed by atoms with van der Waals surface area (Å²) >= 11 is 0. The molecule has 0 rings (SSSR count). The lowest BCUT2D eigenvalue weighted by molar-refractivity contribution is 0.148. The summed E-state index contributed by atoms with van der Waals surface area (Å²) in [6.45, 7) is 2.25. The lowest BCUT2D eigenvalue weighted by Gasteiger charge is -2.24. The smallest absolute Gasteiger partial charge is 0.380 e. The van der Waals surface area contributed by atoms with Crippen molar-refractivity contribution < 1.29 is 13.3 Å². The van der Waals surface area contributed by atoms with Crippen LogP contribution in [0.25, 0.3) is 0 Å². The van der Waals surface area contributed by atoms with Crippen LogP contribution in [-0.4, -0.2) is 38.7 Å². The van der Waals surface area contributed by atoms with Crippen LogP contribution >= 0.6 is 0 Å². The van der Waals surface area contributed by atoms with Gasteiger partial charge in [0.05, 0.1) is 0 Å². The molecule has 5 heteroatoms. The number of rotatable bonds is 11. The van der Waals surface area contributed by atoms with E-state index >= 15 is 0 Å². The van der Waals surface area contributed by atoms with Crippen molar-refractivity contribution in [1.82, 2.24) is 0 Å². The van der Waals surface area contributed by atoms with Crippen molar-refractivity contribution >= 4 is 17.4 Å². The first-order valence-electron chi connectivity index (χ1n) is 6.40. The summed E-state index contributed by atoms with van der Waals surface area (Å²) in [7, 11) is 2.64. The maximum Gasteiger partial charge on any atom is 0.461 e. The topological polar surface area (TPSA) is 27.7 Å². The number of unbranched alkanes of at least 4 members (excludes halogenated alkanes) is 5. The average Bonchev–Trinajstić information content (AvgIpc) is 2.34. The molecule has 0 bridgehead atoms. The van der Waals surface area contributed by atoms with E-state index < -0.39 is 8.32 Å². The van der Waals surface area contributed by atoms with Crippen LogP contribution in [0.4, 0.5) is 0 Å². The molecule has 0 N–H and O–H groups in total. The minimum atomic E-state index is -2.15. The van der Waals surface area contributed by atoms with Crippen LogP contribution < -0.4 is 0 Å². The second-order valence-electron chi connectivity index (χ2n) is 4.17. The molecule has 0 aromatic carbocycles. The van der Waals surface area contributed by atoms with Gasteiger partial charge in [0.2, 0.25) is 0 Å². The van der Waals surface area contributed by atoms with Gasteiger partial charge in [-0.15, -0.1) is 0 Å². The van der Waals surface area contributed by atoms with Crippen molar-refractivity contribution in [1.29, 1.82) is 0 Å².